The lowest BCUT2D eigenvalue weighted by atomic mass is 10.00. The van der Waals surface area contributed by atoms with Crippen LogP contribution in [0.2, 0.25) is 0 Å². The molecule has 0 spiro atoms. The summed E-state index contributed by atoms with van der Waals surface area (Å²) < 4.78 is 0. The number of nitrogens with two attached hydrogens (primary N) is 1. The number of aliphatic hydroxyl groups excluding tert-OH is 1. The van der Waals surface area contributed by atoms with Crippen molar-refractivity contribution in [3.8, 4) is 0 Å². The highest BCUT2D eigenvalue weighted by atomic mass is 16.3. The summed E-state index contributed by atoms with van der Waals surface area (Å²) in [5.74, 6) is 0. The van der Waals surface area contributed by atoms with Crippen LogP contribution >= 0.6 is 0 Å². The predicted octanol–water partition coefficient (Wildman–Crippen LogP) is 2.66. The lowest BCUT2D eigenvalue weighted by Crippen LogP contribution is -2.01. The molecule has 2 rings (SSSR count). The van der Waals surface area contributed by atoms with Crippen LogP contribution in [0.25, 0.3) is 0 Å². The normalized spacial score (nSPS) is 12.4. The molecule has 0 saturated carbocycles. The molecule has 0 saturated heterocycles. The number of hydrogen-bond acceptors (Lipinski definition) is 2. The fraction of sp³-hybridized carbons (Fsp3) is 0.143. The molecule has 2 aromatic rings. The van der Waals surface area contributed by atoms with E-state index in [4.69, 9.17) is 5.73 Å². The number of anilines is 1. The molecule has 0 heterocycles. The minimum Gasteiger partial charge on any atom is -0.399 e. The third kappa shape index (κ3) is 2.07. The number of nitrogen functional groups attached to an aromatic ring is 1. The van der Waals surface area contributed by atoms with Gasteiger partial charge in [-0.3, -0.25) is 0 Å². The van der Waals surface area contributed by atoms with Crippen molar-refractivity contribution in [2.24, 2.45) is 0 Å². The third-order valence-corrected chi connectivity index (χ3v) is 2.73. The molecule has 16 heavy (non-hydrogen) atoms. The van der Waals surface area contributed by atoms with E-state index in [0.717, 1.165) is 16.7 Å². The number of benzene rings is 2. The highest BCUT2D eigenvalue weighted by molar-refractivity contribution is 5.49. The maximum absolute atomic E-state index is 10.2. The smallest absolute Gasteiger partial charge is 0.104 e. The molecule has 1 atom stereocenters. The molecule has 2 nitrogen and oxygen atoms in total. The maximum Gasteiger partial charge on any atom is 0.104 e. The average molecular weight is 213 g/mol. The van der Waals surface area contributed by atoms with Gasteiger partial charge in [0.15, 0.2) is 0 Å². The fourth-order valence-corrected chi connectivity index (χ4v) is 1.66. The number of rotatable bonds is 2. The summed E-state index contributed by atoms with van der Waals surface area (Å²) in [6.07, 6.45) is -0.607. The second-order valence-corrected chi connectivity index (χ2v) is 3.93. The molecular formula is C14H15NO. The molecule has 2 heteroatoms. The zero-order valence-electron chi connectivity index (χ0n) is 9.22. The van der Waals surface area contributed by atoms with Crippen LogP contribution in [0.3, 0.4) is 0 Å². The lowest BCUT2D eigenvalue weighted by molar-refractivity contribution is 0.220. The molecule has 0 radical (unpaired) electrons. The molecule has 2 aromatic carbocycles. The van der Waals surface area contributed by atoms with Gasteiger partial charge in [0.25, 0.3) is 0 Å². The van der Waals surface area contributed by atoms with Gasteiger partial charge >= 0.3 is 0 Å². The Balaban J connectivity index is 2.34. The third-order valence-electron chi connectivity index (χ3n) is 2.73. The zero-order valence-corrected chi connectivity index (χ0v) is 9.22. The first-order valence-corrected chi connectivity index (χ1v) is 5.27. The van der Waals surface area contributed by atoms with E-state index in [2.05, 4.69) is 0 Å². The minimum atomic E-state index is -0.607. The first-order chi connectivity index (χ1) is 7.68. The topological polar surface area (TPSA) is 46.2 Å². The highest BCUT2D eigenvalue weighted by Gasteiger charge is 2.10. The van der Waals surface area contributed by atoms with E-state index in [1.54, 1.807) is 0 Å². The Bertz CT molecular complexity index is 479. The van der Waals surface area contributed by atoms with Crippen LogP contribution in [-0.4, -0.2) is 5.11 Å². The quantitative estimate of drug-likeness (QED) is 0.753. The van der Waals surface area contributed by atoms with Gasteiger partial charge in [0, 0.05) is 5.69 Å². The second kappa shape index (κ2) is 4.37. The Hall–Kier alpha value is -1.80. The van der Waals surface area contributed by atoms with Gasteiger partial charge in [-0.1, -0.05) is 42.5 Å². The Labute approximate surface area is 95.4 Å². The van der Waals surface area contributed by atoms with Crippen molar-refractivity contribution in [2.75, 3.05) is 5.73 Å². The van der Waals surface area contributed by atoms with E-state index in [9.17, 15) is 5.11 Å². The molecule has 0 aliphatic rings. The fourth-order valence-electron chi connectivity index (χ4n) is 1.66. The van der Waals surface area contributed by atoms with Crippen LogP contribution < -0.4 is 5.73 Å². The molecule has 0 aliphatic heterocycles. The lowest BCUT2D eigenvalue weighted by Gasteiger charge is -2.12. The summed E-state index contributed by atoms with van der Waals surface area (Å²) >= 11 is 0. The number of aryl methyl sites for hydroxylation is 1. The van der Waals surface area contributed by atoms with Crippen molar-refractivity contribution in [3.05, 3.63) is 65.2 Å². The molecule has 0 bridgehead atoms. The van der Waals surface area contributed by atoms with Gasteiger partial charge in [0.2, 0.25) is 0 Å². The van der Waals surface area contributed by atoms with Gasteiger partial charge in [-0.25, -0.2) is 0 Å². The summed E-state index contributed by atoms with van der Waals surface area (Å²) in [4.78, 5) is 0. The van der Waals surface area contributed by atoms with Crippen LogP contribution in [0.5, 0.6) is 0 Å². The molecule has 0 aromatic heterocycles. The summed E-state index contributed by atoms with van der Waals surface area (Å²) in [6, 6.07) is 15.2. The SMILES string of the molecule is Cc1ccc([C@@H](O)c2ccccc2)cc1N. The van der Waals surface area contributed by atoms with Crippen LogP contribution in [0, 0.1) is 6.92 Å². The van der Waals surface area contributed by atoms with Crippen molar-refractivity contribution in [1.29, 1.82) is 0 Å². The standard InChI is InChI=1S/C14H15NO/c1-10-7-8-12(9-13(10)15)14(16)11-5-3-2-4-6-11/h2-9,14,16H,15H2,1H3/t14-/m0/s1. The highest BCUT2D eigenvalue weighted by Crippen LogP contribution is 2.24. The van der Waals surface area contributed by atoms with Crippen LogP contribution in [0.4, 0.5) is 5.69 Å². The monoisotopic (exact) mass is 213 g/mol. The van der Waals surface area contributed by atoms with E-state index in [1.165, 1.54) is 0 Å². The van der Waals surface area contributed by atoms with Crippen molar-refractivity contribution < 1.29 is 5.11 Å². The van der Waals surface area contributed by atoms with E-state index in [1.807, 2.05) is 55.5 Å². The van der Waals surface area contributed by atoms with Gasteiger partial charge in [-0.15, -0.1) is 0 Å². The molecule has 3 N–H and O–H groups in total. The molecule has 82 valence electrons. The van der Waals surface area contributed by atoms with Gasteiger partial charge in [-0.2, -0.15) is 0 Å². The van der Waals surface area contributed by atoms with Crippen LogP contribution in [0.1, 0.15) is 22.8 Å². The van der Waals surface area contributed by atoms with Gasteiger partial charge in [0.1, 0.15) is 6.10 Å². The van der Waals surface area contributed by atoms with Crippen LogP contribution in [-0.2, 0) is 0 Å². The van der Waals surface area contributed by atoms with Crippen LogP contribution in [0.15, 0.2) is 48.5 Å². The molecule has 0 unspecified atom stereocenters. The Morgan fingerprint density at radius 2 is 1.69 bits per heavy atom. The van der Waals surface area contributed by atoms with E-state index in [-0.39, 0.29) is 0 Å². The van der Waals surface area contributed by atoms with E-state index >= 15 is 0 Å². The Morgan fingerprint density at radius 3 is 2.31 bits per heavy atom. The maximum atomic E-state index is 10.2. The second-order valence-electron chi connectivity index (χ2n) is 3.93. The molecule has 0 fully saturated rings. The minimum absolute atomic E-state index is 0.607. The van der Waals surface area contributed by atoms with Crippen molar-refractivity contribution in [3.63, 3.8) is 0 Å². The largest absolute Gasteiger partial charge is 0.399 e. The first-order valence-electron chi connectivity index (χ1n) is 5.27. The average Bonchev–Trinajstić information content (AvgIpc) is 2.33. The first kappa shape index (κ1) is 10.7. The summed E-state index contributed by atoms with van der Waals surface area (Å²) in [5, 5.41) is 10.2. The zero-order chi connectivity index (χ0) is 11.5. The molecular weight excluding hydrogens is 198 g/mol. The van der Waals surface area contributed by atoms with Crippen molar-refractivity contribution in [2.45, 2.75) is 13.0 Å². The Kier molecular flexibility index (Phi) is 2.93. The van der Waals surface area contributed by atoms with Crippen molar-refractivity contribution in [1.82, 2.24) is 0 Å². The predicted molar refractivity (Wildman–Crippen MR) is 66.1 cm³/mol. The summed E-state index contributed by atoms with van der Waals surface area (Å²) in [6.45, 7) is 1.95. The number of aliphatic hydroxyl groups is 1. The van der Waals surface area contributed by atoms with Gasteiger partial charge in [-0.05, 0) is 29.7 Å². The van der Waals surface area contributed by atoms with Gasteiger partial charge in [0.05, 0.1) is 0 Å². The van der Waals surface area contributed by atoms with E-state index < -0.39 is 6.10 Å². The molecule has 0 amide bonds. The summed E-state index contributed by atoms with van der Waals surface area (Å²) in [5.41, 5.74) is 9.28. The number of hydrogen-bond donors (Lipinski definition) is 2. The summed E-state index contributed by atoms with van der Waals surface area (Å²) in [7, 11) is 0. The molecule has 0 aliphatic carbocycles. The van der Waals surface area contributed by atoms with Gasteiger partial charge < -0.3 is 10.8 Å². The Morgan fingerprint density at radius 1 is 1.00 bits per heavy atom. The van der Waals surface area contributed by atoms with E-state index in [0.29, 0.717) is 5.69 Å². The van der Waals surface area contributed by atoms with Crippen molar-refractivity contribution >= 4 is 5.69 Å².